The number of hydrogen-bond donors (Lipinski definition) is 6. The molecule has 0 radical (unpaired) electrons. The van der Waals surface area contributed by atoms with E-state index in [1.807, 2.05) is 32.9 Å². The summed E-state index contributed by atoms with van der Waals surface area (Å²) in [5, 5.41) is 41.2. The minimum atomic E-state index is -1.52. The van der Waals surface area contributed by atoms with Crippen LogP contribution in [0.1, 0.15) is 92.1 Å². The van der Waals surface area contributed by atoms with Crippen LogP contribution in [0, 0.1) is 13.8 Å². The Bertz CT molecular complexity index is 1940. The normalized spacial score (nSPS) is 22.2. The molecule has 3 aliphatic rings. The molecule has 5 rings (SSSR count). The molecule has 2 aromatic rings. The summed E-state index contributed by atoms with van der Waals surface area (Å²) in [5.41, 5.74) is 8.13. The molecular formula is C34H38Cl2N4O6. The smallest absolute Gasteiger partial charge is 0.303 e. The number of carboxylic acid groups (broad SMARTS) is 2. The van der Waals surface area contributed by atoms with Crippen molar-refractivity contribution in [1.82, 2.24) is 9.97 Å². The van der Waals surface area contributed by atoms with E-state index in [2.05, 4.69) is 9.97 Å². The Labute approximate surface area is 276 Å². The van der Waals surface area contributed by atoms with Gasteiger partial charge in [0.25, 0.3) is 0 Å². The Hall–Kier alpha value is -3.70. The van der Waals surface area contributed by atoms with Crippen molar-refractivity contribution in [1.29, 1.82) is 0 Å². The molecule has 0 saturated carbocycles. The van der Waals surface area contributed by atoms with Gasteiger partial charge in [0.15, 0.2) is 5.00 Å². The SMILES string of the molecule is CC1=C(CCC(=O)O)C2=NC1=CC1=NC(Cl)(C(C)=C1C(C)O)C(Cl)c1[nH]c(c(C)c1C(C)O)C=c1[nH]c(c(CCC(=O)O)c1C)=C2. The van der Waals surface area contributed by atoms with E-state index in [4.69, 9.17) is 33.2 Å². The maximum absolute atomic E-state index is 11.6. The molecule has 0 aromatic carbocycles. The van der Waals surface area contributed by atoms with Gasteiger partial charge >= 0.3 is 11.9 Å². The van der Waals surface area contributed by atoms with Crippen molar-refractivity contribution in [3.63, 3.8) is 0 Å². The van der Waals surface area contributed by atoms with E-state index < -0.39 is 34.5 Å². The number of carbonyl (C=O) groups is 2. The molecule has 10 nitrogen and oxygen atoms in total. The Morgan fingerprint density at radius 3 is 2.17 bits per heavy atom. The first kappa shape index (κ1) is 33.7. The summed E-state index contributed by atoms with van der Waals surface area (Å²) in [6, 6.07) is 0. The topological polar surface area (TPSA) is 171 Å². The van der Waals surface area contributed by atoms with Gasteiger partial charge in [-0.15, -0.1) is 11.6 Å². The highest BCUT2D eigenvalue weighted by Gasteiger charge is 2.47. The Morgan fingerprint density at radius 2 is 1.57 bits per heavy atom. The summed E-state index contributed by atoms with van der Waals surface area (Å²) in [4.78, 5) is 38.3. The average Bonchev–Trinajstić information content (AvgIpc) is 3.62. The first-order chi connectivity index (χ1) is 21.5. The maximum atomic E-state index is 11.6. The third-order valence-electron chi connectivity index (χ3n) is 9.14. The molecule has 46 heavy (non-hydrogen) atoms. The van der Waals surface area contributed by atoms with E-state index in [0.29, 0.717) is 55.9 Å². The highest BCUT2D eigenvalue weighted by atomic mass is 35.5. The number of halogens is 2. The van der Waals surface area contributed by atoms with Crippen LogP contribution in [0.15, 0.2) is 44.1 Å². The van der Waals surface area contributed by atoms with Gasteiger partial charge in [0.1, 0.15) is 5.38 Å². The number of aromatic nitrogens is 2. The molecule has 6 N–H and O–H groups in total. The lowest BCUT2D eigenvalue weighted by Gasteiger charge is -2.27. The third kappa shape index (κ3) is 5.83. The zero-order valence-electron chi connectivity index (χ0n) is 26.5. The van der Waals surface area contributed by atoms with Gasteiger partial charge in [0.2, 0.25) is 0 Å². The van der Waals surface area contributed by atoms with Gasteiger partial charge in [-0.2, -0.15) is 0 Å². The van der Waals surface area contributed by atoms with Gasteiger partial charge in [-0.25, -0.2) is 4.99 Å². The van der Waals surface area contributed by atoms with Crippen LogP contribution in [0.2, 0.25) is 0 Å². The summed E-state index contributed by atoms with van der Waals surface area (Å²) in [5.74, 6) is -1.88. The molecule has 0 amide bonds. The maximum Gasteiger partial charge on any atom is 0.303 e. The number of alkyl halides is 2. The molecule has 3 aliphatic heterocycles. The Kier molecular flexibility index (Phi) is 9.13. The fourth-order valence-electron chi connectivity index (χ4n) is 6.66. The van der Waals surface area contributed by atoms with E-state index in [1.165, 1.54) is 0 Å². The van der Waals surface area contributed by atoms with Gasteiger partial charge in [-0.05, 0) is 106 Å². The Morgan fingerprint density at radius 1 is 0.913 bits per heavy atom. The van der Waals surface area contributed by atoms with Crippen LogP contribution >= 0.6 is 23.2 Å². The molecule has 4 atom stereocenters. The second-order valence-corrected chi connectivity index (χ2v) is 13.2. The quantitative estimate of drug-likeness (QED) is 0.178. The van der Waals surface area contributed by atoms with E-state index >= 15 is 0 Å². The standard InChI is InChI=1S/C34H38Cl2N4O6/c1-14-20(7-9-28(43)44)25-13-26-21(8-10-29(45)46)15(2)23(38-26)12-27-31(19(6)42)17(4)34(36,40-27)33(35)32-30(18(5)41)16(3)24(39-32)11-22(14)37-25/h11-13,18-19,33,37,39,41-42H,7-10H2,1-6H3,(H,43,44)(H,45,46). The molecule has 0 aliphatic carbocycles. The zero-order valence-corrected chi connectivity index (χ0v) is 28.1. The second-order valence-electron chi connectivity index (χ2n) is 12.2. The molecule has 0 fully saturated rings. The first-order valence-corrected chi connectivity index (χ1v) is 15.9. The zero-order chi connectivity index (χ0) is 33.8. The fraction of sp³-hybridized carbons (Fsp3) is 0.412. The minimum absolute atomic E-state index is 0.0887. The molecule has 2 aromatic heterocycles. The van der Waals surface area contributed by atoms with Crippen LogP contribution in [0.3, 0.4) is 0 Å². The third-order valence-corrected chi connectivity index (χ3v) is 10.4. The number of aliphatic hydroxyl groups excluding tert-OH is 2. The summed E-state index contributed by atoms with van der Waals surface area (Å²) < 4.78 is 0. The van der Waals surface area contributed by atoms with Gasteiger partial charge in [0, 0.05) is 46.1 Å². The molecule has 8 bridgehead atoms. The number of carboxylic acids is 2. The number of aromatic amines is 2. The molecule has 5 heterocycles. The number of nitrogens with one attached hydrogen (secondary N) is 2. The summed E-state index contributed by atoms with van der Waals surface area (Å²) in [6.45, 7) is 10.7. The number of nitrogens with zero attached hydrogens (tertiary/aromatic N) is 2. The summed E-state index contributed by atoms with van der Waals surface area (Å²) in [6.07, 6.45) is 3.88. The minimum Gasteiger partial charge on any atom is -0.481 e. The van der Waals surface area contributed by atoms with Gasteiger partial charge in [-0.3, -0.25) is 14.6 Å². The van der Waals surface area contributed by atoms with E-state index in [0.717, 1.165) is 27.8 Å². The van der Waals surface area contributed by atoms with Crippen molar-refractivity contribution < 1.29 is 30.0 Å². The number of hydrogen-bond acceptors (Lipinski definition) is 6. The van der Waals surface area contributed by atoms with Crippen LogP contribution in [0.5, 0.6) is 0 Å². The van der Waals surface area contributed by atoms with Crippen molar-refractivity contribution in [2.75, 3.05) is 0 Å². The van der Waals surface area contributed by atoms with Crippen LogP contribution < -0.4 is 10.7 Å². The highest BCUT2D eigenvalue weighted by Crippen LogP contribution is 2.51. The molecule has 4 unspecified atom stereocenters. The van der Waals surface area contributed by atoms with Crippen LogP contribution in [0.25, 0.3) is 12.2 Å². The van der Waals surface area contributed by atoms with Crippen LogP contribution in [-0.4, -0.2) is 64.9 Å². The van der Waals surface area contributed by atoms with E-state index in [1.54, 1.807) is 26.8 Å². The van der Waals surface area contributed by atoms with Crippen molar-refractivity contribution in [2.45, 2.75) is 89.8 Å². The van der Waals surface area contributed by atoms with E-state index in [9.17, 15) is 30.0 Å². The average molecular weight is 670 g/mol. The molecule has 244 valence electrons. The molecular weight excluding hydrogens is 631 g/mol. The number of aliphatic hydroxyl groups is 2. The van der Waals surface area contributed by atoms with Crippen LogP contribution in [-0.2, 0) is 16.0 Å². The largest absolute Gasteiger partial charge is 0.481 e. The summed E-state index contributed by atoms with van der Waals surface area (Å²) >= 11 is 14.5. The highest BCUT2D eigenvalue weighted by molar-refractivity contribution is 6.36. The van der Waals surface area contributed by atoms with Gasteiger partial charge in [0.05, 0.1) is 29.3 Å². The number of aliphatic carboxylic acids is 2. The predicted molar refractivity (Wildman–Crippen MR) is 179 cm³/mol. The number of H-pyrrole nitrogens is 2. The van der Waals surface area contributed by atoms with Crippen molar-refractivity contribution >= 4 is 58.7 Å². The van der Waals surface area contributed by atoms with Gasteiger partial charge < -0.3 is 30.4 Å². The number of fused-ring (bicyclic) bond motifs is 6. The van der Waals surface area contributed by atoms with E-state index in [-0.39, 0.29) is 25.7 Å². The lowest BCUT2D eigenvalue weighted by atomic mass is 9.93. The monoisotopic (exact) mass is 668 g/mol. The fourth-order valence-corrected chi connectivity index (χ4v) is 7.34. The van der Waals surface area contributed by atoms with Crippen molar-refractivity contribution in [2.24, 2.45) is 9.98 Å². The van der Waals surface area contributed by atoms with Crippen molar-refractivity contribution in [3.8, 4) is 0 Å². The molecule has 12 heteroatoms. The first-order valence-electron chi connectivity index (χ1n) is 15.1. The molecule has 0 saturated heterocycles. The van der Waals surface area contributed by atoms with Crippen LogP contribution in [0.4, 0.5) is 0 Å². The number of allylic oxidation sites excluding steroid dienone is 3. The Balaban J connectivity index is 1.89. The van der Waals surface area contributed by atoms with Crippen molar-refractivity contribution in [3.05, 3.63) is 78.4 Å². The number of aliphatic imine (C=N–C) groups is 2. The lowest BCUT2D eigenvalue weighted by Crippen LogP contribution is -2.26. The summed E-state index contributed by atoms with van der Waals surface area (Å²) in [7, 11) is 0. The van der Waals surface area contributed by atoms with Gasteiger partial charge in [-0.1, -0.05) is 11.6 Å². The lowest BCUT2D eigenvalue weighted by molar-refractivity contribution is -0.137. The predicted octanol–water partition coefficient (Wildman–Crippen LogP) is 4.54. The number of rotatable bonds is 8. The second kappa shape index (κ2) is 12.5. The molecule has 0 spiro atoms.